The van der Waals surface area contributed by atoms with E-state index in [0.717, 1.165) is 55.6 Å². The van der Waals surface area contributed by atoms with Crippen LogP contribution in [0.3, 0.4) is 0 Å². The molecule has 7 aromatic rings. The molecule has 0 amide bonds. The van der Waals surface area contributed by atoms with Crippen LogP contribution in [0.5, 0.6) is 0 Å². The van der Waals surface area contributed by atoms with Gasteiger partial charge in [-0.15, -0.1) is 0 Å². The molecular formula is C37H25N3O. The van der Waals surface area contributed by atoms with E-state index in [9.17, 15) is 0 Å². The zero-order valence-electron chi connectivity index (χ0n) is 22.2. The van der Waals surface area contributed by atoms with Gasteiger partial charge in [-0.1, -0.05) is 127 Å². The smallest absolute Gasteiger partial charge is 0.159 e. The Hall–Kier alpha value is -5.48. The highest BCUT2D eigenvalue weighted by atomic mass is 16.3. The van der Waals surface area contributed by atoms with E-state index in [1.54, 1.807) is 0 Å². The van der Waals surface area contributed by atoms with Crippen molar-refractivity contribution < 1.29 is 4.42 Å². The lowest BCUT2D eigenvalue weighted by Gasteiger charge is -2.24. The molecule has 1 N–H and O–H groups in total. The Bertz CT molecular complexity index is 2120. The number of hydrogen-bond acceptors (Lipinski definition) is 4. The molecule has 6 aromatic carbocycles. The van der Waals surface area contributed by atoms with Gasteiger partial charge in [-0.05, 0) is 28.5 Å². The van der Waals surface area contributed by atoms with Gasteiger partial charge in [0.15, 0.2) is 5.84 Å². The minimum absolute atomic E-state index is 0.353. The Balaban J connectivity index is 1.31. The van der Waals surface area contributed by atoms with E-state index >= 15 is 0 Å². The van der Waals surface area contributed by atoms with E-state index in [1.807, 2.05) is 36.4 Å². The van der Waals surface area contributed by atoms with Crippen LogP contribution in [0.25, 0.3) is 43.8 Å². The van der Waals surface area contributed by atoms with Crippen LogP contribution in [-0.2, 0) is 0 Å². The van der Waals surface area contributed by atoms with Gasteiger partial charge in [0.05, 0.1) is 0 Å². The van der Waals surface area contributed by atoms with Crippen LogP contribution in [0.1, 0.15) is 22.9 Å². The predicted molar refractivity (Wildman–Crippen MR) is 168 cm³/mol. The summed E-state index contributed by atoms with van der Waals surface area (Å²) in [4.78, 5) is 10.2. The number of benzene rings is 6. The number of aliphatic imine (C=N–C) groups is 2. The van der Waals surface area contributed by atoms with Crippen molar-refractivity contribution in [3.63, 3.8) is 0 Å². The number of para-hydroxylation sites is 1. The third-order valence-electron chi connectivity index (χ3n) is 7.73. The van der Waals surface area contributed by atoms with Crippen LogP contribution in [0.2, 0.25) is 0 Å². The van der Waals surface area contributed by atoms with E-state index in [4.69, 9.17) is 14.4 Å². The fraction of sp³-hybridized carbons (Fsp3) is 0.0270. The first-order chi connectivity index (χ1) is 20.3. The first-order valence-corrected chi connectivity index (χ1v) is 13.8. The highest BCUT2D eigenvalue weighted by molar-refractivity contribution is 6.15. The highest BCUT2D eigenvalue weighted by Gasteiger charge is 2.25. The molecule has 2 heterocycles. The number of hydrogen-bond donors (Lipinski definition) is 1. The monoisotopic (exact) mass is 527 g/mol. The van der Waals surface area contributed by atoms with Crippen molar-refractivity contribution in [3.05, 3.63) is 156 Å². The van der Waals surface area contributed by atoms with Gasteiger partial charge in [-0.3, -0.25) is 0 Å². The minimum atomic E-state index is -0.353. The molecule has 0 aliphatic carbocycles. The second-order valence-electron chi connectivity index (χ2n) is 10.3. The fourth-order valence-corrected chi connectivity index (χ4v) is 5.76. The first-order valence-electron chi connectivity index (χ1n) is 13.8. The van der Waals surface area contributed by atoms with Gasteiger partial charge in [0, 0.05) is 33.0 Å². The van der Waals surface area contributed by atoms with Crippen LogP contribution in [-0.4, -0.2) is 11.7 Å². The van der Waals surface area contributed by atoms with Gasteiger partial charge >= 0.3 is 0 Å². The average Bonchev–Trinajstić information content (AvgIpc) is 3.44. The van der Waals surface area contributed by atoms with Crippen molar-refractivity contribution in [3.8, 4) is 11.1 Å². The number of nitrogens with one attached hydrogen (secondary N) is 1. The molecule has 1 aliphatic heterocycles. The first kappa shape index (κ1) is 23.4. The molecule has 0 spiro atoms. The summed E-state index contributed by atoms with van der Waals surface area (Å²) in [6, 6.07) is 48.0. The zero-order valence-corrected chi connectivity index (χ0v) is 22.2. The third-order valence-corrected chi connectivity index (χ3v) is 7.73. The standard InChI is InChI=1S/C37H25N3O/c1-3-12-25(13-4-1)29-17-9-18-30-33-31(19-10-20-32(33)41-34(29)30)37-39-35(26-14-5-2-6-15-26)38-36(40-37)28-22-21-24-11-7-8-16-27(24)23-28/h1-23,37H,(H,38,39,40). The number of furan rings is 1. The molecule has 4 nitrogen and oxygen atoms in total. The summed E-state index contributed by atoms with van der Waals surface area (Å²) in [5, 5.41) is 8.17. The zero-order chi connectivity index (χ0) is 27.2. The van der Waals surface area contributed by atoms with Gasteiger partial charge in [0.1, 0.15) is 23.2 Å². The quantitative estimate of drug-likeness (QED) is 0.248. The van der Waals surface area contributed by atoms with E-state index in [2.05, 4.69) is 108 Å². The number of rotatable bonds is 4. The lowest BCUT2D eigenvalue weighted by atomic mass is 9.99. The Morgan fingerprint density at radius 3 is 2.15 bits per heavy atom. The molecule has 1 aromatic heterocycles. The largest absolute Gasteiger partial charge is 0.455 e. The molecule has 8 rings (SSSR count). The van der Waals surface area contributed by atoms with Gasteiger partial charge < -0.3 is 9.73 Å². The van der Waals surface area contributed by atoms with E-state index in [-0.39, 0.29) is 6.17 Å². The van der Waals surface area contributed by atoms with E-state index in [0.29, 0.717) is 5.84 Å². The van der Waals surface area contributed by atoms with Crippen LogP contribution in [0, 0.1) is 0 Å². The maximum atomic E-state index is 6.53. The Kier molecular flexibility index (Phi) is 5.49. The van der Waals surface area contributed by atoms with E-state index in [1.165, 1.54) is 10.8 Å². The summed E-state index contributed by atoms with van der Waals surface area (Å²) in [6.45, 7) is 0. The summed E-state index contributed by atoms with van der Waals surface area (Å²) in [6.07, 6.45) is -0.353. The van der Waals surface area contributed by atoms with Gasteiger partial charge in [-0.2, -0.15) is 0 Å². The molecule has 1 aliphatic rings. The summed E-state index contributed by atoms with van der Waals surface area (Å²) >= 11 is 0. The van der Waals surface area contributed by atoms with Crippen molar-refractivity contribution in [2.24, 2.45) is 9.98 Å². The predicted octanol–water partition coefficient (Wildman–Crippen LogP) is 8.90. The third kappa shape index (κ3) is 4.09. The molecular weight excluding hydrogens is 502 g/mol. The summed E-state index contributed by atoms with van der Waals surface area (Å²) < 4.78 is 6.53. The lowest BCUT2D eigenvalue weighted by Crippen LogP contribution is -2.33. The van der Waals surface area contributed by atoms with Gasteiger partial charge in [-0.25, -0.2) is 9.98 Å². The van der Waals surface area contributed by atoms with Crippen LogP contribution in [0.4, 0.5) is 0 Å². The SMILES string of the molecule is c1ccc(C2=NC(c3cccc4oc5c(-c6ccccc6)cccc5c34)NC(c3ccc4ccccc4c3)=N2)cc1. The topological polar surface area (TPSA) is 49.9 Å². The molecule has 0 saturated heterocycles. The molecule has 4 heteroatoms. The molecule has 194 valence electrons. The number of fused-ring (bicyclic) bond motifs is 4. The molecule has 1 unspecified atom stereocenters. The number of amidine groups is 2. The number of nitrogens with zero attached hydrogens (tertiary/aromatic N) is 2. The minimum Gasteiger partial charge on any atom is -0.455 e. The lowest BCUT2D eigenvalue weighted by molar-refractivity contribution is 0.663. The highest BCUT2D eigenvalue weighted by Crippen LogP contribution is 2.39. The second-order valence-corrected chi connectivity index (χ2v) is 10.3. The van der Waals surface area contributed by atoms with Crippen molar-refractivity contribution in [2.75, 3.05) is 0 Å². The second kappa shape index (κ2) is 9.61. The van der Waals surface area contributed by atoms with Crippen molar-refractivity contribution in [1.29, 1.82) is 0 Å². The van der Waals surface area contributed by atoms with Gasteiger partial charge in [0.2, 0.25) is 0 Å². The van der Waals surface area contributed by atoms with Crippen molar-refractivity contribution in [1.82, 2.24) is 5.32 Å². The molecule has 0 bridgehead atoms. The molecule has 41 heavy (non-hydrogen) atoms. The summed E-state index contributed by atoms with van der Waals surface area (Å²) in [7, 11) is 0. The Morgan fingerprint density at radius 2 is 1.32 bits per heavy atom. The molecule has 1 atom stereocenters. The molecule has 0 radical (unpaired) electrons. The Morgan fingerprint density at radius 1 is 0.585 bits per heavy atom. The fourth-order valence-electron chi connectivity index (χ4n) is 5.76. The van der Waals surface area contributed by atoms with E-state index < -0.39 is 0 Å². The summed E-state index contributed by atoms with van der Waals surface area (Å²) in [5.74, 6) is 1.50. The maximum Gasteiger partial charge on any atom is 0.159 e. The Labute approximate surface area is 237 Å². The summed E-state index contributed by atoms with van der Waals surface area (Å²) in [5.41, 5.74) is 6.98. The molecule has 0 fully saturated rings. The molecule has 0 saturated carbocycles. The van der Waals surface area contributed by atoms with Crippen LogP contribution >= 0.6 is 0 Å². The van der Waals surface area contributed by atoms with Gasteiger partial charge in [0.25, 0.3) is 0 Å². The van der Waals surface area contributed by atoms with Crippen LogP contribution in [0.15, 0.2) is 154 Å². The normalized spacial score (nSPS) is 15.1. The van der Waals surface area contributed by atoms with Crippen LogP contribution < -0.4 is 5.32 Å². The average molecular weight is 528 g/mol. The van der Waals surface area contributed by atoms with Crippen molar-refractivity contribution in [2.45, 2.75) is 6.17 Å². The van der Waals surface area contributed by atoms with Crippen molar-refractivity contribution >= 4 is 44.4 Å². The maximum absolute atomic E-state index is 6.53.